The number of para-hydroxylation sites is 1. The number of nitrogens with zero attached hydrogens (tertiary/aromatic N) is 3. The Morgan fingerprint density at radius 3 is 2.60 bits per heavy atom. The third kappa shape index (κ3) is 2.41. The molecular weight excluding hydrogens is 332 g/mol. The van der Waals surface area contributed by atoms with Gasteiger partial charge >= 0.3 is 0 Å². The number of hydrogen-bond donors (Lipinski definition) is 1. The summed E-state index contributed by atoms with van der Waals surface area (Å²) in [5.74, 6) is 0.978. The molecule has 0 amide bonds. The van der Waals surface area contributed by atoms with Gasteiger partial charge in [-0.05, 0) is 54.4 Å². The van der Waals surface area contributed by atoms with Crippen LogP contribution in [0.3, 0.4) is 0 Å². The lowest BCUT2D eigenvalue weighted by atomic mass is 9.98. The number of benzene rings is 2. The Kier molecular flexibility index (Phi) is 3.77. The summed E-state index contributed by atoms with van der Waals surface area (Å²) in [5.41, 5.74) is 2.69. The number of rotatable bonds is 3. The van der Waals surface area contributed by atoms with E-state index < -0.39 is 0 Å². The topological polar surface area (TPSA) is 55.1 Å². The van der Waals surface area contributed by atoms with Gasteiger partial charge in [-0.1, -0.05) is 38.1 Å². The van der Waals surface area contributed by atoms with Crippen molar-refractivity contribution < 1.29 is 0 Å². The first-order chi connectivity index (χ1) is 12.1. The Morgan fingerprint density at radius 1 is 1.16 bits per heavy atom. The molecule has 1 unspecified atom stereocenters. The summed E-state index contributed by atoms with van der Waals surface area (Å²) < 4.78 is 3.88. The molecule has 4 aromatic rings. The molecule has 5 nitrogen and oxygen atoms in total. The van der Waals surface area contributed by atoms with E-state index in [-0.39, 0.29) is 5.56 Å². The fraction of sp³-hybridized carbons (Fsp3) is 0.211. The summed E-state index contributed by atoms with van der Waals surface area (Å²) in [5, 5.41) is 7.70. The quantitative estimate of drug-likeness (QED) is 0.563. The predicted octanol–water partition coefficient (Wildman–Crippen LogP) is 4.21. The number of fused-ring (bicyclic) bond motifs is 3. The van der Waals surface area contributed by atoms with Crippen LogP contribution in [-0.2, 0) is 0 Å². The van der Waals surface area contributed by atoms with Crippen LogP contribution in [0.25, 0.3) is 22.4 Å². The Balaban J connectivity index is 2.05. The van der Waals surface area contributed by atoms with E-state index in [0.717, 1.165) is 17.6 Å². The van der Waals surface area contributed by atoms with Crippen molar-refractivity contribution in [2.45, 2.75) is 26.2 Å². The van der Waals surface area contributed by atoms with Crippen molar-refractivity contribution >= 4 is 28.9 Å². The van der Waals surface area contributed by atoms with Crippen LogP contribution in [0.1, 0.15) is 31.7 Å². The first-order valence-corrected chi connectivity index (χ1v) is 8.74. The molecule has 2 heterocycles. The molecule has 0 saturated heterocycles. The second-order valence-corrected chi connectivity index (χ2v) is 6.61. The SMILES string of the molecule is CCC(C)c1ccc(-n2c(=O)c3ccccc3n3c(=S)[nH]nc23)cc1. The first-order valence-electron chi connectivity index (χ1n) is 8.33. The summed E-state index contributed by atoms with van der Waals surface area (Å²) in [6, 6.07) is 15.5. The fourth-order valence-corrected chi connectivity index (χ4v) is 3.36. The van der Waals surface area contributed by atoms with Crippen molar-refractivity contribution in [1.29, 1.82) is 0 Å². The molecule has 6 heteroatoms. The van der Waals surface area contributed by atoms with Gasteiger partial charge in [-0.3, -0.25) is 9.20 Å². The van der Waals surface area contributed by atoms with Crippen molar-refractivity contribution in [2.24, 2.45) is 0 Å². The van der Waals surface area contributed by atoms with Crippen molar-refractivity contribution in [2.75, 3.05) is 0 Å². The molecule has 4 rings (SSSR count). The van der Waals surface area contributed by atoms with E-state index in [2.05, 4.69) is 36.2 Å². The Hall–Kier alpha value is -2.73. The lowest BCUT2D eigenvalue weighted by Crippen LogP contribution is -2.21. The zero-order chi connectivity index (χ0) is 17.6. The van der Waals surface area contributed by atoms with Gasteiger partial charge in [-0.15, -0.1) is 5.10 Å². The van der Waals surface area contributed by atoms with Gasteiger partial charge in [-0.25, -0.2) is 9.67 Å². The molecule has 0 spiro atoms. The van der Waals surface area contributed by atoms with Crippen LogP contribution < -0.4 is 5.56 Å². The highest BCUT2D eigenvalue weighted by Crippen LogP contribution is 2.21. The highest BCUT2D eigenvalue weighted by atomic mass is 32.1. The maximum absolute atomic E-state index is 13.1. The monoisotopic (exact) mass is 350 g/mol. The molecule has 2 aromatic heterocycles. The summed E-state index contributed by atoms with van der Waals surface area (Å²) in [6.45, 7) is 4.36. The normalized spacial score (nSPS) is 12.7. The molecule has 0 aliphatic carbocycles. The third-order valence-corrected chi connectivity index (χ3v) is 5.04. The van der Waals surface area contributed by atoms with E-state index in [9.17, 15) is 4.79 Å². The number of hydrogen-bond acceptors (Lipinski definition) is 3. The molecule has 25 heavy (non-hydrogen) atoms. The number of H-pyrrole nitrogens is 1. The first kappa shape index (κ1) is 15.8. The number of nitrogens with one attached hydrogen (secondary N) is 1. The summed E-state index contributed by atoms with van der Waals surface area (Å²) in [6.07, 6.45) is 1.08. The van der Waals surface area contributed by atoms with Gasteiger partial charge in [0.15, 0.2) is 0 Å². The van der Waals surface area contributed by atoms with E-state index >= 15 is 0 Å². The van der Waals surface area contributed by atoms with Crippen LogP contribution in [0.4, 0.5) is 0 Å². The molecule has 0 radical (unpaired) electrons. The molecule has 0 fully saturated rings. The molecule has 126 valence electrons. The average molecular weight is 350 g/mol. The lowest BCUT2D eigenvalue weighted by Gasteiger charge is -2.12. The highest BCUT2D eigenvalue weighted by Gasteiger charge is 2.14. The fourth-order valence-electron chi connectivity index (χ4n) is 3.14. The second kappa shape index (κ2) is 5.97. The molecule has 0 bridgehead atoms. The Morgan fingerprint density at radius 2 is 1.88 bits per heavy atom. The van der Waals surface area contributed by atoms with E-state index in [0.29, 0.717) is 21.9 Å². The van der Waals surface area contributed by atoms with Crippen molar-refractivity contribution in [3.8, 4) is 5.69 Å². The molecule has 0 aliphatic rings. The van der Waals surface area contributed by atoms with Crippen LogP contribution in [0.5, 0.6) is 0 Å². The predicted molar refractivity (Wildman–Crippen MR) is 102 cm³/mol. The Bertz CT molecular complexity index is 1180. The van der Waals surface area contributed by atoms with E-state index in [1.54, 1.807) is 8.97 Å². The molecule has 0 aliphatic heterocycles. The second-order valence-electron chi connectivity index (χ2n) is 6.22. The zero-order valence-corrected chi connectivity index (χ0v) is 14.9. The minimum atomic E-state index is -0.103. The highest BCUT2D eigenvalue weighted by molar-refractivity contribution is 7.71. The lowest BCUT2D eigenvalue weighted by molar-refractivity contribution is 0.733. The average Bonchev–Trinajstić information content (AvgIpc) is 3.03. The standard InChI is InChI=1S/C19H18N4OS/c1-3-12(2)13-8-10-14(11-9-13)22-17(24)15-6-4-5-7-16(15)23-18(22)20-21-19(23)25/h4-12H,3H2,1-2H3,(H,21,25). The van der Waals surface area contributed by atoms with E-state index in [1.807, 2.05) is 36.4 Å². The largest absolute Gasteiger partial charge is 0.268 e. The summed E-state index contributed by atoms with van der Waals surface area (Å²) in [4.78, 5) is 13.1. The molecule has 2 aromatic carbocycles. The maximum atomic E-state index is 13.1. The number of aromatic amines is 1. The summed E-state index contributed by atoms with van der Waals surface area (Å²) in [7, 11) is 0. The van der Waals surface area contributed by atoms with Crippen LogP contribution in [0, 0.1) is 4.77 Å². The zero-order valence-electron chi connectivity index (χ0n) is 14.1. The van der Waals surface area contributed by atoms with Gasteiger partial charge < -0.3 is 0 Å². The maximum Gasteiger partial charge on any atom is 0.267 e. The van der Waals surface area contributed by atoms with Crippen LogP contribution >= 0.6 is 12.2 Å². The minimum absolute atomic E-state index is 0.103. The van der Waals surface area contributed by atoms with Gasteiger partial charge in [-0.2, -0.15) is 0 Å². The van der Waals surface area contributed by atoms with Gasteiger partial charge in [0.1, 0.15) is 0 Å². The van der Waals surface area contributed by atoms with Gasteiger partial charge in [0.25, 0.3) is 5.56 Å². The van der Waals surface area contributed by atoms with Crippen LogP contribution in [0.15, 0.2) is 53.3 Å². The van der Waals surface area contributed by atoms with Crippen molar-refractivity contribution in [1.82, 2.24) is 19.2 Å². The molecular formula is C19H18N4OS. The van der Waals surface area contributed by atoms with E-state index in [1.165, 1.54) is 5.56 Å². The smallest absolute Gasteiger partial charge is 0.267 e. The van der Waals surface area contributed by atoms with Gasteiger partial charge in [0.2, 0.25) is 10.5 Å². The Labute approximate surface area is 149 Å². The van der Waals surface area contributed by atoms with Gasteiger partial charge in [0, 0.05) is 0 Å². The van der Waals surface area contributed by atoms with Crippen LogP contribution in [-0.4, -0.2) is 19.2 Å². The van der Waals surface area contributed by atoms with Crippen molar-refractivity contribution in [3.63, 3.8) is 0 Å². The summed E-state index contributed by atoms with van der Waals surface area (Å²) >= 11 is 5.37. The van der Waals surface area contributed by atoms with E-state index in [4.69, 9.17) is 12.2 Å². The minimum Gasteiger partial charge on any atom is -0.268 e. The molecule has 0 saturated carbocycles. The van der Waals surface area contributed by atoms with Gasteiger partial charge in [0.05, 0.1) is 16.6 Å². The third-order valence-electron chi connectivity index (χ3n) is 4.77. The van der Waals surface area contributed by atoms with Crippen molar-refractivity contribution in [3.05, 3.63) is 69.2 Å². The number of aromatic nitrogens is 4. The molecule has 1 N–H and O–H groups in total. The molecule has 1 atom stereocenters. The van der Waals surface area contributed by atoms with Crippen LogP contribution in [0.2, 0.25) is 0 Å².